The van der Waals surface area contributed by atoms with Crippen molar-refractivity contribution < 1.29 is 0 Å². The fourth-order valence-corrected chi connectivity index (χ4v) is 3.50. The zero-order valence-corrected chi connectivity index (χ0v) is 13.5. The Hall–Kier alpha value is -0.820. The molecule has 0 spiro atoms. The van der Waals surface area contributed by atoms with Crippen molar-refractivity contribution >= 4 is 0 Å². The second-order valence-corrected chi connectivity index (χ2v) is 6.41. The van der Waals surface area contributed by atoms with Crippen LogP contribution in [0.3, 0.4) is 0 Å². The highest BCUT2D eigenvalue weighted by molar-refractivity contribution is 5.40. The Labute approximate surface area is 125 Å². The maximum atomic E-state index is 6.11. The lowest BCUT2D eigenvalue weighted by molar-refractivity contribution is 0.510. The van der Waals surface area contributed by atoms with Crippen molar-refractivity contribution in [2.75, 3.05) is 0 Å². The molecule has 0 bridgehead atoms. The van der Waals surface area contributed by atoms with E-state index < -0.39 is 0 Å². The van der Waals surface area contributed by atoms with E-state index in [4.69, 9.17) is 5.73 Å². The molecule has 2 N–H and O–H groups in total. The zero-order valence-electron chi connectivity index (χ0n) is 13.5. The summed E-state index contributed by atoms with van der Waals surface area (Å²) in [5.74, 6) is 0.894. The molecule has 3 rings (SSSR count). The summed E-state index contributed by atoms with van der Waals surface area (Å²) in [6.07, 6.45) is 10.0. The van der Waals surface area contributed by atoms with E-state index in [0.29, 0.717) is 6.04 Å². The molecule has 2 aliphatic rings. The molecule has 0 heterocycles. The third-order valence-corrected chi connectivity index (χ3v) is 4.90. The summed E-state index contributed by atoms with van der Waals surface area (Å²) < 4.78 is 0. The first-order valence-corrected chi connectivity index (χ1v) is 8.61. The first-order valence-electron chi connectivity index (χ1n) is 8.61. The number of hydrogen-bond donors (Lipinski definition) is 1. The highest BCUT2D eigenvalue weighted by Gasteiger charge is 2.18. The largest absolute Gasteiger partial charge is 0.328 e. The van der Waals surface area contributed by atoms with Gasteiger partial charge in [-0.25, -0.2) is 0 Å². The summed E-state index contributed by atoms with van der Waals surface area (Å²) >= 11 is 0. The molecular formula is C19H31N. The van der Waals surface area contributed by atoms with Crippen LogP contribution in [0.4, 0.5) is 0 Å². The highest BCUT2D eigenvalue weighted by atomic mass is 14.6. The van der Waals surface area contributed by atoms with Gasteiger partial charge in [-0.1, -0.05) is 32.9 Å². The van der Waals surface area contributed by atoms with Gasteiger partial charge in [-0.05, 0) is 79.5 Å². The van der Waals surface area contributed by atoms with E-state index in [0.717, 1.165) is 5.92 Å². The average molecular weight is 273 g/mol. The summed E-state index contributed by atoms with van der Waals surface area (Å²) in [6, 6.07) is 5.44. The van der Waals surface area contributed by atoms with Crippen LogP contribution in [0.5, 0.6) is 0 Å². The number of aryl methyl sites for hydroxylation is 4. The van der Waals surface area contributed by atoms with Crippen LogP contribution in [-0.4, -0.2) is 6.04 Å². The van der Waals surface area contributed by atoms with Crippen molar-refractivity contribution in [1.82, 2.24) is 0 Å². The highest BCUT2D eigenvalue weighted by Crippen LogP contribution is 2.29. The molecule has 1 heteroatoms. The Kier molecular flexibility index (Phi) is 5.65. The third kappa shape index (κ3) is 3.63. The van der Waals surface area contributed by atoms with Gasteiger partial charge in [0.15, 0.2) is 0 Å². The Morgan fingerprint density at radius 2 is 1.10 bits per heavy atom. The lowest BCUT2D eigenvalue weighted by Crippen LogP contribution is -2.19. The Balaban J connectivity index is 0.000000704. The molecular weight excluding hydrogens is 242 g/mol. The molecule has 0 atom stereocenters. The molecule has 1 aromatic rings. The van der Waals surface area contributed by atoms with Crippen LogP contribution in [0.1, 0.15) is 68.7 Å². The van der Waals surface area contributed by atoms with Gasteiger partial charge in [0.1, 0.15) is 0 Å². The van der Waals surface area contributed by atoms with E-state index in [1.165, 1.54) is 51.4 Å². The fraction of sp³-hybridized carbons (Fsp3) is 0.684. The molecule has 1 nitrogen and oxygen atoms in total. The Bertz CT molecular complexity index is 359. The lowest BCUT2D eigenvalue weighted by atomic mass is 9.93. The predicted octanol–water partition coefficient (Wildman–Crippen LogP) is 4.43. The van der Waals surface area contributed by atoms with Crippen LogP contribution >= 0.6 is 0 Å². The second kappa shape index (κ2) is 7.26. The van der Waals surface area contributed by atoms with Gasteiger partial charge in [0.25, 0.3) is 0 Å². The van der Waals surface area contributed by atoms with E-state index in [-0.39, 0.29) is 0 Å². The number of fused-ring (bicyclic) bond motifs is 2. The van der Waals surface area contributed by atoms with E-state index in [1.54, 1.807) is 22.3 Å². The van der Waals surface area contributed by atoms with Crippen LogP contribution in [0.15, 0.2) is 12.1 Å². The number of nitrogens with two attached hydrogens (primary N) is 1. The zero-order chi connectivity index (χ0) is 14.5. The summed E-state index contributed by atoms with van der Waals surface area (Å²) in [5, 5.41) is 0. The average Bonchev–Trinajstić information content (AvgIpc) is 2.77. The molecule has 0 unspecified atom stereocenters. The Morgan fingerprint density at radius 3 is 1.50 bits per heavy atom. The van der Waals surface area contributed by atoms with Crippen molar-refractivity contribution in [1.29, 1.82) is 0 Å². The number of rotatable bonds is 0. The topological polar surface area (TPSA) is 26.0 Å². The van der Waals surface area contributed by atoms with Gasteiger partial charge in [0.2, 0.25) is 0 Å². The fourth-order valence-electron chi connectivity index (χ4n) is 3.50. The van der Waals surface area contributed by atoms with Gasteiger partial charge < -0.3 is 5.73 Å². The van der Waals surface area contributed by atoms with Crippen molar-refractivity contribution in [3.63, 3.8) is 0 Å². The predicted molar refractivity (Wildman–Crippen MR) is 88.2 cm³/mol. The number of benzene rings is 1. The van der Waals surface area contributed by atoms with Gasteiger partial charge in [0.05, 0.1) is 0 Å². The van der Waals surface area contributed by atoms with E-state index in [1.807, 2.05) is 13.8 Å². The minimum absolute atomic E-state index is 0.414. The van der Waals surface area contributed by atoms with E-state index in [2.05, 4.69) is 19.1 Å². The van der Waals surface area contributed by atoms with Gasteiger partial charge in [-0.3, -0.25) is 0 Å². The molecule has 0 fully saturated rings. The van der Waals surface area contributed by atoms with Crippen molar-refractivity contribution in [2.24, 2.45) is 11.7 Å². The first-order chi connectivity index (χ1) is 9.72. The molecule has 1 aromatic carbocycles. The van der Waals surface area contributed by atoms with Crippen LogP contribution in [0.2, 0.25) is 0 Å². The van der Waals surface area contributed by atoms with Crippen molar-refractivity contribution in [3.05, 3.63) is 34.4 Å². The summed E-state index contributed by atoms with van der Waals surface area (Å²) in [7, 11) is 0. The molecule has 0 saturated heterocycles. The van der Waals surface area contributed by atoms with Crippen molar-refractivity contribution in [2.45, 2.75) is 78.2 Å². The molecule has 0 saturated carbocycles. The lowest BCUT2D eigenvalue weighted by Gasteiger charge is -2.12. The smallest absolute Gasteiger partial charge is 0.00451 e. The Morgan fingerprint density at radius 1 is 0.750 bits per heavy atom. The normalized spacial score (nSPS) is 20.0. The minimum Gasteiger partial charge on any atom is -0.328 e. The van der Waals surface area contributed by atoms with Gasteiger partial charge in [-0.2, -0.15) is 0 Å². The summed E-state index contributed by atoms with van der Waals surface area (Å²) in [4.78, 5) is 0. The maximum Gasteiger partial charge on any atom is 0.00451 e. The van der Waals surface area contributed by atoms with Gasteiger partial charge >= 0.3 is 0 Å². The second-order valence-electron chi connectivity index (χ2n) is 6.41. The SMILES string of the molecule is CC.CC1CCc2cc3c(cc2CC1)CCC(N)CC3. The molecule has 112 valence electrons. The molecule has 0 amide bonds. The summed E-state index contributed by atoms with van der Waals surface area (Å²) in [5.41, 5.74) is 12.6. The van der Waals surface area contributed by atoms with Crippen LogP contribution < -0.4 is 5.73 Å². The molecule has 0 aliphatic heterocycles. The molecule has 0 radical (unpaired) electrons. The van der Waals surface area contributed by atoms with E-state index >= 15 is 0 Å². The van der Waals surface area contributed by atoms with Crippen LogP contribution in [0, 0.1) is 5.92 Å². The van der Waals surface area contributed by atoms with Crippen LogP contribution in [-0.2, 0) is 25.7 Å². The quantitative estimate of drug-likeness (QED) is 0.695. The van der Waals surface area contributed by atoms with Gasteiger partial charge in [0, 0.05) is 6.04 Å². The minimum atomic E-state index is 0.414. The third-order valence-electron chi connectivity index (χ3n) is 4.90. The first kappa shape index (κ1) is 15.6. The maximum absolute atomic E-state index is 6.11. The molecule has 20 heavy (non-hydrogen) atoms. The number of hydrogen-bond acceptors (Lipinski definition) is 1. The summed E-state index contributed by atoms with van der Waals surface area (Å²) in [6.45, 7) is 6.40. The molecule has 2 aliphatic carbocycles. The molecule has 0 aromatic heterocycles. The van der Waals surface area contributed by atoms with E-state index in [9.17, 15) is 0 Å². The standard InChI is InChI=1S/C17H25N.C2H6/c1-12-2-4-13-10-15-6-8-17(18)9-7-16(15)11-14(13)5-3-12;1-2/h10-12,17H,2-9,18H2,1H3;1-2H3. The monoisotopic (exact) mass is 273 g/mol. The van der Waals surface area contributed by atoms with Crippen LogP contribution in [0.25, 0.3) is 0 Å². The van der Waals surface area contributed by atoms with Gasteiger partial charge in [-0.15, -0.1) is 0 Å². The van der Waals surface area contributed by atoms with Crippen molar-refractivity contribution in [3.8, 4) is 0 Å².